The highest BCUT2D eigenvalue weighted by Crippen LogP contribution is 2.31. The fraction of sp³-hybridized carbons (Fsp3) is 0.500. The number of rotatable bonds is 4. The molecule has 2 rings (SSSR count). The first-order valence-corrected chi connectivity index (χ1v) is 10.2. The van der Waals surface area contributed by atoms with E-state index in [4.69, 9.17) is 9.47 Å². The summed E-state index contributed by atoms with van der Waals surface area (Å²) < 4.78 is 11.9. The van der Waals surface area contributed by atoms with Gasteiger partial charge in [-0.3, -0.25) is 0 Å². The number of hydrogen-bond acceptors (Lipinski definition) is 6. The number of benzene rings is 1. The lowest BCUT2D eigenvalue weighted by Crippen LogP contribution is -2.44. The molecule has 0 aliphatic rings. The number of amides is 2. The standard InChI is InChI=1S/C18H23BrN2O4S/c1-17(2,3)24-15(22)21(16(23)25-18(4,5)9-10-19)12-7-6-8-13-14(12)20-11-26-13/h6-8,11H,9-10H2,1-5H3. The second kappa shape index (κ2) is 7.92. The van der Waals surface area contributed by atoms with E-state index in [1.54, 1.807) is 52.3 Å². The van der Waals surface area contributed by atoms with E-state index < -0.39 is 23.4 Å². The summed E-state index contributed by atoms with van der Waals surface area (Å²) in [5.41, 5.74) is 1.08. The van der Waals surface area contributed by atoms with Crippen LogP contribution in [0.5, 0.6) is 0 Å². The molecule has 2 amide bonds. The lowest BCUT2D eigenvalue weighted by atomic mass is 10.1. The Kier molecular flexibility index (Phi) is 6.29. The highest BCUT2D eigenvalue weighted by atomic mass is 79.9. The summed E-state index contributed by atoms with van der Waals surface area (Å²) in [5, 5.41) is 0.668. The van der Waals surface area contributed by atoms with Gasteiger partial charge in [0.1, 0.15) is 16.7 Å². The van der Waals surface area contributed by atoms with E-state index in [2.05, 4.69) is 20.9 Å². The van der Waals surface area contributed by atoms with Gasteiger partial charge in [-0.1, -0.05) is 22.0 Å². The van der Waals surface area contributed by atoms with Crippen molar-refractivity contribution >= 4 is 55.4 Å². The number of ether oxygens (including phenoxy) is 2. The molecule has 0 unspecified atom stereocenters. The maximum absolute atomic E-state index is 12.9. The number of thiazole rings is 1. The molecule has 0 aliphatic heterocycles. The average molecular weight is 443 g/mol. The lowest BCUT2D eigenvalue weighted by molar-refractivity contribution is 0.0339. The Morgan fingerprint density at radius 2 is 1.81 bits per heavy atom. The average Bonchev–Trinajstić information content (AvgIpc) is 2.93. The molecular weight excluding hydrogens is 420 g/mol. The topological polar surface area (TPSA) is 68.7 Å². The van der Waals surface area contributed by atoms with Crippen molar-refractivity contribution in [2.45, 2.75) is 52.2 Å². The van der Waals surface area contributed by atoms with Crippen LogP contribution in [0, 0.1) is 0 Å². The number of anilines is 1. The first-order valence-electron chi connectivity index (χ1n) is 8.18. The quantitative estimate of drug-likeness (QED) is 0.564. The fourth-order valence-corrected chi connectivity index (χ4v) is 3.84. The predicted octanol–water partition coefficient (Wildman–Crippen LogP) is 5.74. The lowest BCUT2D eigenvalue weighted by Gasteiger charge is -2.30. The van der Waals surface area contributed by atoms with Gasteiger partial charge in [0.05, 0.1) is 15.9 Å². The molecule has 6 nitrogen and oxygen atoms in total. The number of fused-ring (bicyclic) bond motifs is 1. The molecule has 0 atom stereocenters. The minimum atomic E-state index is -0.794. The Balaban J connectivity index is 2.44. The molecule has 0 saturated carbocycles. The third kappa shape index (κ3) is 5.17. The zero-order chi connectivity index (χ0) is 19.5. The van der Waals surface area contributed by atoms with Gasteiger partial charge in [0.25, 0.3) is 0 Å². The molecule has 142 valence electrons. The summed E-state index contributed by atoms with van der Waals surface area (Å²) in [7, 11) is 0. The molecule has 0 fully saturated rings. The van der Waals surface area contributed by atoms with E-state index in [0.29, 0.717) is 23.0 Å². The van der Waals surface area contributed by atoms with Crippen LogP contribution in [-0.2, 0) is 9.47 Å². The molecule has 0 bridgehead atoms. The van der Waals surface area contributed by atoms with Crippen LogP contribution in [0.15, 0.2) is 23.7 Å². The Labute approximate surface area is 165 Å². The van der Waals surface area contributed by atoms with E-state index in [1.165, 1.54) is 11.3 Å². The van der Waals surface area contributed by atoms with Crippen LogP contribution in [0.2, 0.25) is 0 Å². The van der Waals surface area contributed by atoms with Crippen molar-refractivity contribution in [1.29, 1.82) is 0 Å². The summed E-state index contributed by atoms with van der Waals surface area (Å²) >= 11 is 4.78. The van der Waals surface area contributed by atoms with Gasteiger partial charge in [0, 0.05) is 5.33 Å². The minimum absolute atomic E-state index is 0.345. The second-order valence-electron chi connectivity index (χ2n) is 7.36. The van der Waals surface area contributed by atoms with E-state index >= 15 is 0 Å². The molecule has 0 radical (unpaired) electrons. The van der Waals surface area contributed by atoms with Crippen LogP contribution in [0.25, 0.3) is 10.2 Å². The summed E-state index contributed by atoms with van der Waals surface area (Å²) in [6.07, 6.45) is -0.981. The van der Waals surface area contributed by atoms with Crippen molar-refractivity contribution in [3.05, 3.63) is 23.7 Å². The Hall–Kier alpha value is -1.67. The van der Waals surface area contributed by atoms with Crippen molar-refractivity contribution in [1.82, 2.24) is 4.98 Å². The van der Waals surface area contributed by atoms with Crippen molar-refractivity contribution in [3.8, 4) is 0 Å². The third-order valence-electron chi connectivity index (χ3n) is 3.40. The van der Waals surface area contributed by atoms with Gasteiger partial charge in [0.2, 0.25) is 0 Å². The van der Waals surface area contributed by atoms with Crippen molar-refractivity contribution < 1.29 is 19.1 Å². The molecule has 2 aromatic rings. The summed E-state index contributed by atoms with van der Waals surface area (Å²) in [6, 6.07) is 5.30. The first kappa shape index (κ1) is 20.6. The van der Waals surface area contributed by atoms with Gasteiger partial charge in [-0.15, -0.1) is 11.3 Å². The molecular formula is C18H23BrN2O4S. The number of aromatic nitrogens is 1. The zero-order valence-electron chi connectivity index (χ0n) is 15.5. The number of carbonyl (C=O) groups excluding carboxylic acids is 2. The van der Waals surface area contributed by atoms with E-state index in [0.717, 1.165) is 9.60 Å². The van der Waals surface area contributed by atoms with Gasteiger partial charge in [-0.2, -0.15) is 4.90 Å². The van der Waals surface area contributed by atoms with E-state index in [9.17, 15) is 9.59 Å². The van der Waals surface area contributed by atoms with Crippen LogP contribution < -0.4 is 4.90 Å². The Morgan fingerprint density at radius 3 is 2.42 bits per heavy atom. The minimum Gasteiger partial charge on any atom is -0.443 e. The molecule has 0 spiro atoms. The summed E-state index contributed by atoms with van der Waals surface area (Å²) in [6.45, 7) is 8.82. The zero-order valence-corrected chi connectivity index (χ0v) is 17.9. The number of carbonyl (C=O) groups is 2. The largest absolute Gasteiger partial charge is 0.443 e. The van der Waals surface area contributed by atoms with Gasteiger partial charge in [0.15, 0.2) is 0 Å². The number of imide groups is 1. The smallest absolute Gasteiger partial charge is 0.424 e. The van der Waals surface area contributed by atoms with Crippen LogP contribution in [-0.4, -0.2) is 33.7 Å². The van der Waals surface area contributed by atoms with Gasteiger partial charge in [-0.25, -0.2) is 14.6 Å². The molecule has 1 aromatic heterocycles. The molecule has 1 aromatic carbocycles. The van der Waals surface area contributed by atoms with Crippen LogP contribution in [0.3, 0.4) is 0 Å². The monoisotopic (exact) mass is 442 g/mol. The first-order chi connectivity index (χ1) is 12.0. The number of alkyl halides is 1. The molecule has 1 heterocycles. The van der Waals surface area contributed by atoms with Crippen molar-refractivity contribution in [3.63, 3.8) is 0 Å². The Bertz CT molecular complexity index is 798. The maximum Gasteiger partial charge on any atom is 0.424 e. The second-order valence-corrected chi connectivity index (χ2v) is 9.04. The molecule has 0 N–H and O–H groups in total. The van der Waals surface area contributed by atoms with Crippen LogP contribution in [0.4, 0.5) is 15.3 Å². The third-order valence-corrected chi connectivity index (χ3v) is 4.59. The van der Waals surface area contributed by atoms with Crippen LogP contribution in [0.1, 0.15) is 41.0 Å². The van der Waals surface area contributed by atoms with Gasteiger partial charge in [-0.05, 0) is 53.2 Å². The van der Waals surface area contributed by atoms with E-state index in [1.807, 2.05) is 6.07 Å². The van der Waals surface area contributed by atoms with Crippen molar-refractivity contribution in [2.75, 3.05) is 10.2 Å². The number of halogens is 1. The number of para-hydroxylation sites is 1. The summed E-state index contributed by atoms with van der Waals surface area (Å²) in [4.78, 5) is 30.9. The predicted molar refractivity (Wildman–Crippen MR) is 107 cm³/mol. The SMILES string of the molecule is CC(C)(C)OC(=O)N(C(=O)OC(C)(C)CCBr)c1cccc2scnc12. The fourth-order valence-electron chi connectivity index (χ4n) is 2.19. The number of hydrogen-bond donors (Lipinski definition) is 0. The molecule has 0 saturated heterocycles. The maximum atomic E-state index is 12.9. The number of nitrogens with zero attached hydrogens (tertiary/aromatic N) is 2. The van der Waals surface area contributed by atoms with E-state index in [-0.39, 0.29) is 0 Å². The van der Waals surface area contributed by atoms with Crippen LogP contribution >= 0.6 is 27.3 Å². The van der Waals surface area contributed by atoms with Gasteiger partial charge >= 0.3 is 12.2 Å². The summed E-state index contributed by atoms with van der Waals surface area (Å²) in [5.74, 6) is 0. The highest BCUT2D eigenvalue weighted by molar-refractivity contribution is 9.09. The van der Waals surface area contributed by atoms with Crippen molar-refractivity contribution in [2.24, 2.45) is 0 Å². The normalized spacial score (nSPS) is 12.1. The molecule has 26 heavy (non-hydrogen) atoms. The molecule has 0 aliphatic carbocycles. The molecule has 8 heteroatoms. The Morgan fingerprint density at radius 1 is 1.15 bits per heavy atom. The van der Waals surface area contributed by atoms with Gasteiger partial charge < -0.3 is 9.47 Å². The highest BCUT2D eigenvalue weighted by Gasteiger charge is 2.35.